The second-order valence-electron chi connectivity index (χ2n) is 4.99. The number of hydrogen-bond donors (Lipinski definition) is 1. The van der Waals surface area contributed by atoms with Crippen LogP contribution in [0.2, 0.25) is 0 Å². The number of methoxy groups -OCH3 is 1. The lowest BCUT2D eigenvalue weighted by Gasteiger charge is -2.12. The van der Waals surface area contributed by atoms with Gasteiger partial charge in [-0.25, -0.2) is 12.7 Å². The molecule has 7 heteroatoms. The second kappa shape index (κ2) is 6.80. The summed E-state index contributed by atoms with van der Waals surface area (Å²) in [5.41, 5.74) is 0.999. The molecule has 2 aromatic carbocycles. The third-order valence-electron chi connectivity index (χ3n) is 3.24. The molecule has 0 heterocycles. The quantitative estimate of drug-likeness (QED) is 0.909. The molecule has 0 unspecified atom stereocenters. The Labute approximate surface area is 135 Å². The smallest absolute Gasteiger partial charge is 0.255 e. The first kappa shape index (κ1) is 17.0. The maximum absolute atomic E-state index is 12.1. The Morgan fingerprint density at radius 2 is 1.57 bits per heavy atom. The molecule has 2 rings (SSSR count). The first-order valence-electron chi connectivity index (χ1n) is 6.82. The van der Waals surface area contributed by atoms with Gasteiger partial charge in [0.05, 0.1) is 12.0 Å². The van der Waals surface area contributed by atoms with Crippen LogP contribution in [0, 0.1) is 0 Å². The topological polar surface area (TPSA) is 75.7 Å². The van der Waals surface area contributed by atoms with E-state index >= 15 is 0 Å². The predicted molar refractivity (Wildman–Crippen MR) is 88.3 cm³/mol. The van der Waals surface area contributed by atoms with E-state index in [0.29, 0.717) is 17.0 Å². The summed E-state index contributed by atoms with van der Waals surface area (Å²) in [7, 11) is 1.01. The highest BCUT2D eigenvalue weighted by Crippen LogP contribution is 2.18. The van der Waals surface area contributed by atoms with Gasteiger partial charge in [-0.1, -0.05) is 0 Å². The van der Waals surface area contributed by atoms with Crippen LogP contribution in [0.15, 0.2) is 53.4 Å². The normalized spacial score (nSPS) is 11.3. The molecule has 2 aromatic rings. The number of anilines is 1. The van der Waals surface area contributed by atoms with Crippen molar-refractivity contribution in [3.8, 4) is 5.75 Å². The van der Waals surface area contributed by atoms with E-state index in [1.54, 1.807) is 43.5 Å². The minimum atomic E-state index is -3.48. The van der Waals surface area contributed by atoms with Crippen LogP contribution in [0.25, 0.3) is 0 Å². The molecule has 6 nitrogen and oxygen atoms in total. The van der Waals surface area contributed by atoms with Crippen LogP contribution in [0.3, 0.4) is 0 Å². The molecule has 0 aliphatic carbocycles. The highest BCUT2D eigenvalue weighted by atomic mass is 32.2. The van der Waals surface area contributed by atoms with Crippen LogP contribution in [-0.4, -0.2) is 39.8 Å². The van der Waals surface area contributed by atoms with E-state index in [0.717, 1.165) is 4.31 Å². The van der Waals surface area contributed by atoms with Crippen LogP contribution >= 0.6 is 0 Å². The van der Waals surface area contributed by atoms with Gasteiger partial charge in [0.15, 0.2) is 0 Å². The minimum absolute atomic E-state index is 0.171. The fraction of sp³-hybridized carbons (Fsp3) is 0.188. The summed E-state index contributed by atoms with van der Waals surface area (Å²) in [5.74, 6) is 0.385. The van der Waals surface area contributed by atoms with Gasteiger partial charge in [-0.05, 0) is 48.5 Å². The number of carbonyl (C=O) groups excluding carboxylic acids is 1. The van der Waals surface area contributed by atoms with Crippen LogP contribution < -0.4 is 10.1 Å². The number of nitrogens with one attached hydrogen (secondary N) is 1. The summed E-state index contributed by atoms with van der Waals surface area (Å²) in [6, 6.07) is 12.7. The highest BCUT2D eigenvalue weighted by molar-refractivity contribution is 7.89. The number of rotatable bonds is 5. The molecule has 23 heavy (non-hydrogen) atoms. The summed E-state index contributed by atoms with van der Waals surface area (Å²) in [4.78, 5) is 12.3. The average Bonchev–Trinajstić information content (AvgIpc) is 2.55. The number of benzene rings is 2. The number of nitrogens with zero attached hydrogens (tertiary/aromatic N) is 1. The summed E-state index contributed by atoms with van der Waals surface area (Å²) >= 11 is 0. The molecule has 0 atom stereocenters. The number of carbonyl (C=O) groups is 1. The standard InChI is InChI=1S/C16H18N2O4S/c1-18(2)23(20,21)15-10-6-13(7-11-15)17-16(19)12-4-8-14(22-3)9-5-12/h4-11H,1-3H3,(H,17,19). The van der Waals surface area contributed by atoms with Gasteiger partial charge in [0.2, 0.25) is 10.0 Å². The van der Waals surface area contributed by atoms with Gasteiger partial charge in [0.25, 0.3) is 5.91 Å². The van der Waals surface area contributed by atoms with Crippen molar-refractivity contribution < 1.29 is 17.9 Å². The zero-order valence-electron chi connectivity index (χ0n) is 13.1. The van der Waals surface area contributed by atoms with E-state index in [1.165, 1.54) is 26.2 Å². The fourth-order valence-electron chi connectivity index (χ4n) is 1.87. The second-order valence-corrected chi connectivity index (χ2v) is 7.15. The average molecular weight is 334 g/mol. The van der Waals surface area contributed by atoms with Crippen molar-refractivity contribution in [2.45, 2.75) is 4.90 Å². The summed E-state index contributed by atoms with van der Waals surface area (Å²) < 4.78 is 30.1. The van der Waals surface area contributed by atoms with E-state index in [2.05, 4.69) is 5.32 Å². The maximum atomic E-state index is 12.1. The van der Waals surface area contributed by atoms with E-state index in [9.17, 15) is 13.2 Å². The lowest BCUT2D eigenvalue weighted by atomic mass is 10.2. The first-order valence-corrected chi connectivity index (χ1v) is 8.26. The van der Waals surface area contributed by atoms with E-state index in [1.807, 2.05) is 0 Å². The van der Waals surface area contributed by atoms with Gasteiger partial charge >= 0.3 is 0 Å². The Hall–Kier alpha value is -2.38. The molecule has 0 aliphatic heterocycles. The van der Waals surface area contributed by atoms with Crippen molar-refractivity contribution >= 4 is 21.6 Å². The molecular weight excluding hydrogens is 316 g/mol. The van der Waals surface area contributed by atoms with Crippen molar-refractivity contribution in [3.05, 3.63) is 54.1 Å². The van der Waals surface area contributed by atoms with Crippen molar-refractivity contribution in [1.82, 2.24) is 4.31 Å². The summed E-state index contributed by atoms with van der Waals surface area (Å²) in [6.07, 6.45) is 0. The number of sulfonamides is 1. The molecule has 0 aromatic heterocycles. The van der Waals surface area contributed by atoms with Gasteiger partial charge in [-0.2, -0.15) is 0 Å². The Morgan fingerprint density at radius 3 is 2.04 bits per heavy atom. The van der Waals surface area contributed by atoms with Gasteiger partial charge in [-0.3, -0.25) is 4.79 Å². The van der Waals surface area contributed by atoms with Crippen molar-refractivity contribution in [2.75, 3.05) is 26.5 Å². The van der Waals surface area contributed by atoms with Crippen LogP contribution in [-0.2, 0) is 10.0 Å². The minimum Gasteiger partial charge on any atom is -0.497 e. The SMILES string of the molecule is COc1ccc(C(=O)Nc2ccc(S(=O)(=O)N(C)C)cc2)cc1. The van der Waals surface area contributed by atoms with Gasteiger partial charge in [0.1, 0.15) is 5.75 Å². The predicted octanol–water partition coefficient (Wildman–Crippen LogP) is 2.20. The Kier molecular flexibility index (Phi) is 5.02. The third kappa shape index (κ3) is 3.88. The number of hydrogen-bond acceptors (Lipinski definition) is 4. The fourth-order valence-corrected chi connectivity index (χ4v) is 2.77. The zero-order chi connectivity index (χ0) is 17.0. The lowest BCUT2D eigenvalue weighted by Crippen LogP contribution is -2.22. The molecule has 0 radical (unpaired) electrons. The molecule has 0 saturated heterocycles. The molecule has 122 valence electrons. The van der Waals surface area contributed by atoms with Gasteiger partial charge < -0.3 is 10.1 Å². The molecule has 0 saturated carbocycles. The molecule has 0 spiro atoms. The summed E-state index contributed by atoms with van der Waals surface area (Å²) in [6.45, 7) is 0. The Bertz CT molecular complexity index is 782. The van der Waals surface area contributed by atoms with E-state index in [-0.39, 0.29) is 10.8 Å². The first-order chi connectivity index (χ1) is 10.8. The highest BCUT2D eigenvalue weighted by Gasteiger charge is 2.16. The van der Waals surface area contributed by atoms with Gasteiger partial charge in [-0.15, -0.1) is 0 Å². The molecule has 0 fully saturated rings. The van der Waals surface area contributed by atoms with Gasteiger partial charge in [0, 0.05) is 25.3 Å². The van der Waals surface area contributed by atoms with Crippen molar-refractivity contribution in [3.63, 3.8) is 0 Å². The van der Waals surface area contributed by atoms with Crippen LogP contribution in [0.5, 0.6) is 5.75 Å². The summed E-state index contributed by atoms with van der Waals surface area (Å²) in [5, 5.41) is 2.72. The van der Waals surface area contributed by atoms with Crippen LogP contribution in [0.4, 0.5) is 5.69 Å². The van der Waals surface area contributed by atoms with Crippen molar-refractivity contribution in [2.24, 2.45) is 0 Å². The zero-order valence-corrected chi connectivity index (χ0v) is 13.9. The molecule has 0 bridgehead atoms. The van der Waals surface area contributed by atoms with E-state index < -0.39 is 10.0 Å². The molecule has 0 aliphatic rings. The largest absolute Gasteiger partial charge is 0.497 e. The maximum Gasteiger partial charge on any atom is 0.255 e. The third-order valence-corrected chi connectivity index (χ3v) is 5.07. The Morgan fingerprint density at radius 1 is 1.00 bits per heavy atom. The van der Waals surface area contributed by atoms with E-state index in [4.69, 9.17) is 4.74 Å². The lowest BCUT2D eigenvalue weighted by molar-refractivity contribution is 0.102. The molecular formula is C16H18N2O4S. The molecule has 1 amide bonds. The Balaban J connectivity index is 2.13. The van der Waals surface area contributed by atoms with Crippen molar-refractivity contribution in [1.29, 1.82) is 0 Å². The number of amides is 1. The monoisotopic (exact) mass is 334 g/mol. The number of ether oxygens (including phenoxy) is 1. The van der Waals surface area contributed by atoms with Crippen LogP contribution in [0.1, 0.15) is 10.4 Å². The molecule has 1 N–H and O–H groups in total.